The number of hydrogen-bond donors (Lipinski definition) is 2. The highest BCUT2D eigenvalue weighted by atomic mass is 32.2. The number of rotatable bonds is 8. The molecule has 1 aliphatic rings. The van der Waals surface area contributed by atoms with Gasteiger partial charge < -0.3 is 19.5 Å². The molecule has 3 rings (SSSR count). The van der Waals surface area contributed by atoms with Crippen molar-refractivity contribution >= 4 is 27.6 Å². The van der Waals surface area contributed by atoms with Crippen molar-refractivity contribution < 1.29 is 32.2 Å². The molecule has 1 heterocycles. The molecule has 0 aliphatic carbocycles. The minimum atomic E-state index is -3.93. The van der Waals surface area contributed by atoms with Crippen LogP contribution in [0.5, 0.6) is 5.75 Å². The molecule has 0 aromatic heterocycles. The highest BCUT2D eigenvalue weighted by Crippen LogP contribution is 2.22. The number of anilines is 1. The van der Waals surface area contributed by atoms with Crippen LogP contribution in [0.25, 0.3) is 0 Å². The Morgan fingerprint density at radius 1 is 1.23 bits per heavy atom. The van der Waals surface area contributed by atoms with E-state index in [4.69, 9.17) is 19.3 Å². The first kappa shape index (κ1) is 22.7. The zero-order valence-corrected chi connectivity index (χ0v) is 17.8. The molecule has 2 aromatic carbocycles. The SMILES string of the molecule is Cc1ccc(NC(=O)COC(=O)c2ccccc2OCC2CCCO2)cc1S(N)(=O)=O. The summed E-state index contributed by atoms with van der Waals surface area (Å²) in [5, 5.41) is 7.65. The fraction of sp³-hybridized carbons (Fsp3) is 0.333. The molecule has 166 valence electrons. The van der Waals surface area contributed by atoms with Gasteiger partial charge >= 0.3 is 5.97 Å². The molecule has 0 radical (unpaired) electrons. The number of sulfonamides is 1. The Balaban J connectivity index is 1.58. The van der Waals surface area contributed by atoms with Crippen molar-refractivity contribution in [2.75, 3.05) is 25.1 Å². The summed E-state index contributed by atoms with van der Waals surface area (Å²) in [6.45, 7) is 2.06. The molecule has 2 aromatic rings. The van der Waals surface area contributed by atoms with Crippen molar-refractivity contribution in [2.45, 2.75) is 30.8 Å². The number of nitrogens with two attached hydrogens (primary N) is 1. The van der Waals surface area contributed by atoms with Crippen molar-refractivity contribution in [3.8, 4) is 5.75 Å². The van der Waals surface area contributed by atoms with E-state index in [1.54, 1.807) is 31.2 Å². The number of para-hydroxylation sites is 1. The molecule has 0 spiro atoms. The lowest BCUT2D eigenvalue weighted by atomic mass is 10.2. The van der Waals surface area contributed by atoms with Gasteiger partial charge in [0.2, 0.25) is 10.0 Å². The minimum absolute atomic E-state index is 0.00779. The van der Waals surface area contributed by atoms with E-state index >= 15 is 0 Å². The van der Waals surface area contributed by atoms with Crippen molar-refractivity contribution in [1.82, 2.24) is 0 Å². The molecule has 0 saturated carbocycles. The van der Waals surface area contributed by atoms with Gasteiger partial charge in [0.1, 0.15) is 17.9 Å². The van der Waals surface area contributed by atoms with E-state index < -0.39 is 28.5 Å². The monoisotopic (exact) mass is 448 g/mol. The van der Waals surface area contributed by atoms with E-state index in [1.807, 2.05) is 0 Å². The molecule has 1 saturated heterocycles. The summed E-state index contributed by atoms with van der Waals surface area (Å²) in [6.07, 6.45) is 1.87. The number of hydrogen-bond acceptors (Lipinski definition) is 7. The zero-order valence-electron chi connectivity index (χ0n) is 17.0. The van der Waals surface area contributed by atoms with Crippen LogP contribution < -0.4 is 15.2 Å². The average Bonchev–Trinajstić information content (AvgIpc) is 3.25. The van der Waals surface area contributed by atoms with Crippen LogP contribution in [-0.4, -0.2) is 46.2 Å². The maximum absolute atomic E-state index is 12.4. The summed E-state index contributed by atoms with van der Waals surface area (Å²) in [5.41, 5.74) is 0.864. The third kappa shape index (κ3) is 6.27. The lowest BCUT2D eigenvalue weighted by molar-refractivity contribution is -0.119. The number of ether oxygens (including phenoxy) is 3. The van der Waals surface area contributed by atoms with Crippen molar-refractivity contribution in [2.24, 2.45) is 5.14 Å². The first-order valence-electron chi connectivity index (χ1n) is 9.68. The van der Waals surface area contributed by atoms with E-state index in [9.17, 15) is 18.0 Å². The smallest absolute Gasteiger partial charge is 0.342 e. The Morgan fingerprint density at radius 3 is 2.71 bits per heavy atom. The van der Waals surface area contributed by atoms with Crippen LogP contribution in [0.4, 0.5) is 5.69 Å². The fourth-order valence-electron chi connectivity index (χ4n) is 3.11. The van der Waals surface area contributed by atoms with Gasteiger partial charge in [-0.1, -0.05) is 18.2 Å². The Morgan fingerprint density at radius 2 is 2.00 bits per heavy atom. The predicted octanol–water partition coefficient (Wildman–Crippen LogP) is 2.00. The highest BCUT2D eigenvalue weighted by Gasteiger charge is 2.20. The molecule has 1 aliphatic heterocycles. The van der Waals surface area contributed by atoms with Gasteiger partial charge in [0.15, 0.2) is 6.61 Å². The second-order valence-corrected chi connectivity index (χ2v) is 8.62. The van der Waals surface area contributed by atoms with Crippen molar-refractivity contribution in [1.29, 1.82) is 0 Å². The lowest BCUT2D eigenvalue weighted by Crippen LogP contribution is -2.22. The molecule has 10 heteroatoms. The molecule has 1 unspecified atom stereocenters. The number of primary sulfonamides is 1. The lowest BCUT2D eigenvalue weighted by Gasteiger charge is -2.14. The second kappa shape index (κ2) is 9.90. The first-order valence-corrected chi connectivity index (χ1v) is 11.2. The van der Waals surface area contributed by atoms with Gasteiger partial charge in [-0.3, -0.25) is 4.79 Å². The Labute approximate surface area is 180 Å². The normalized spacial score (nSPS) is 16.0. The molecule has 1 amide bonds. The van der Waals surface area contributed by atoms with E-state index in [2.05, 4.69) is 5.32 Å². The van der Waals surface area contributed by atoms with Gasteiger partial charge in [-0.15, -0.1) is 0 Å². The zero-order chi connectivity index (χ0) is 22.4. The number of benzene rings is 2. The number of amides is 1. The number of nitrogens with one attached hydrogen (secondary N) is 1. The molecule has 9 nitrogen and oxygen atoms in total. The molecular formula is C21H24N2O7S. The Kier molecular flexibility index (Phi) is 7.26. The van der Waals surface area contributed by atoms with Crippen LogP contribution in [0.15, 0.2) is 47.4 Å². The van der Waals surface area contributed by atoms with Gasteiger partial charge in [-0.25, -0.2) is 18.4 Å². The Bertz CT molecular complexity index is 1060. The summed E-state index contributed by atoms with van der Waals surface area (Å²) in [7, 11) is -3.93. The van der Waals surface area contributed by atoms with Crippen LogP contribution in [0.1, 0.15) is 28.8 Å². The third-order valence-corrected chi connectivity index (χ3v) is 5.72. The van der Waals surface area contributed by atoms with Crippen LogP contribution in [0.3, 0.4) is 0 Å². The molecule has 1 atom stereocenters. The van der Waals surface area contributed by atoms with Crippen LogP contribution in [-0.2, 0) is 24.3 Å². The van der Waals surface area contributed by atoms with E-state index in [-0.39, 0.29) is 22.3 Å². The predicted molar refractivity (Wildman–Crippen MR) is 112 cm³/mol. The quantitative estimate of drug-likeness (QED) is 0.590. The molecule has 1 fully saturated rings. The van der Waals surface area contributed by atoms with Crippen LogP contribution in [0.2, 0.25) is 0 Å². The van der Waals surface area contributed by atoms with Gasteiger partial charge in [0, 0.05) is 12.3 Å². The van der Waals surface area contributed by atoms with E-state index in [0.717, 1.165) is 12.8 Å². The largest absolute Gasteiger partial charge is 0.490 e. The van der Waals surface area contributed by atoms with E-state index in [1.165, 1.54) is 18.2 Å². The summed E-state index contributed by atoms with van der Waals surface area (Å²) >= 11 is 0. The summed E-state index contributed by atoms with van der Waals surface area (Å²) < 4.78 is 39.5. The maximum Gasteiger partial charge on any atom is 0.342 e. The number of esters is 1. The average molecular weight is 448 g/mol. The molecular weight excluding hydrogens is 424 g/mol. The first-order chi connectivity index (χ1) is 14.7. The van der Waals surface area contributed by atoms with E-state index in [0.29, 0.717) is 24.5 Å². The van der Waals surface area contributed by atoms with Gasteiger partial charge in [0.25, 0.3) is 5.91 Å². The number of carbonyl (C=O) groups excluding carboxylic acids is 2. The third-order valence-electron chi connectivity index (χ3n) is 4.67. The minimum Gasteiger partial charge on any atom is -0.490 e. The maximum atomic E-state index is 12.4. The van der Waals surface area contributed by atoms with Crippen molar-refractivity contribution in [3.63, 3.8) is 0 Å². The van der Waals surface area contributed by atoms with Crippen LogP contribution >= 0.6 is 0 Å². The van der Waals surface area contributed by atoms with Crippen LogP contribution in [0, 0.1) is 6.92 Å². The number of carbonyl (C=O) groups is 2. The second-order valence-electron chi connectivity index (χ2n) is 7.09. The molecule has 3 N–H and O–H groups in total. The molecule has 0 bridgehead atoms. The van der Waals surface area contributed by atoms with Gasteiger partial charge in [0.05, 0.1) is 11.0 Å². The summed E-state index contributed by atoms with van der Waals surface area (Å²) in [5.74, 6) is -0.998. The Hall–Kier alpha value is -2.95. The van der Waals surface area contributed by atoms with Crippen molar-refractivity contribution in [3.05, 3.63) is 53.6 Å². The molecule has 31 heavy (non-hydrogen) atoms. The highest BCUT2D eigenvalue weighted by molar-refractivity contribution is 7.89. The number of aryl methyl sites for hydroxylation is 1. The fourth-order valence-corrected chi connectivity index (χ4v) is 3.92. The van der Waals surface area contributed by atoms with Gasteiger partial charge in [-0.2, -0.15) is 0 Å². The summed E-state index contributed by atoms with van der Waals surface area (Å²) in [6, 6.07) is 10.9. The van der Waals surface area contributed by atoms with Gasteiger partial charge in [-0.05, 0) is 49.6 Å². The topological polar surface area (TPSA) is 134 Å². The summed E-state index contributed by atoms with van der Waals surface area (Å²) in [4.78, 5) is 24.5. The standard InChI is InChI=1S/C21H24N2O7S/c1-14-8-9-15(11-19(14)31(22,26)27)23-20(24)13-30-21(25)17-6-2-3-7-18(17)29-12-16-5-4-10-28-16/h2-3,6-9,11,16H,4-5,10,12-13H2,1H3,(H,23,24)(H2,22,26,27).